The molecule has 0 aliphatic carbocycles. The summed E-state index contributed by atoms with van der Waals surface area (Å²) >= 11 is 0. The Labute approximate surface area is 61.2 Å². The second kappa shape index (κ2) is 2.82. The first-order chi connectivity index (χ1) is 2.24. The van der Waals surface area contributed by atoms with E-state index in [-0.39, 0.29) is 5.48 Å². The van der Waals surface area contributed by atoms with Crippen LogP contribution in [-0.2, 0) is 10.4 Å². The Hall–Kier alpha value is 2.15. The third-order valence-electron chi connectivity index (χ3n) is 0. The molecule has 0 aromatic carbocycles. The number of hydrogen-bond donors (Lipinski definition) is 0. The zero-order valence-electron chi connectivity index (χ0n) is 2.84. The number of hydrogen-bond acceptors (Lipinski definition) is 0. The van der Waals surface area contributed by atoms with Crippen LogP contribution in [0.3, 0.4) is 0 Å². The van der Waals surface area contributed by atoms with Crippen LogP contribution in [-0.4, -0.2) is 5.48 Å². The second-order valence-corrected chi connectivity index (χ2v) is 47.1. The van der Waals surface area contributed by atoms with E-state index in [1.54, 1.807) is 0 Å². The fourth-order valence-corrected chi connectivity index (χ4v) is 0. The Morgan fingerprint density at radius 2 is 0.714 bits per heavy atom. The summed E-state index contributed by atoms with van der Waals surface area (Å²) < 4.78 is 0. The molecule has 0 aromatic heterocycles. The minimum atomic E-state index is -4.44. The maximum atomic E-state index is 5.06. The van der Waals surface area contributed by atoms with Gasteiger partial charge in [-0.15, -0.1) is 0 Å². The first-order valence-corrected chi connectivity index (χ1v) is 20.8. The Balaban J connectivity index is 0. The van der Waals surface area contributed by atoms with Crippen LogP contribution in [0.2, 0.25) is 0 Å². The molecule has 0 atom stereocenters. The van der Waals surface area contributed by atoms with Gasteiger partial charge in [-0.05, 0) is 0 Å². The van der Waals surface area contributed by atoms with Crippen molar-refractivity contribution >= 4 is 45.9 Å². The molecule has 0 aromatic rings. The van der Waals surface area contributed by atoms with Gasteiger partial charge in [-0.25, -0.2) is 0 Å². The Kier molecular flexibility index (Phi) is 4.79. The van der Waals surface area contributed by atoms with E-state index in [1.807, 2.05) is 0 Å². The molecular formula is H2Cl5OTa. The first-order valence-electron chi connectivity index (χ1n) is 0.845. The third-order valence-corrected chi connectivity index (χ3v) is 0. The number of halogens is 5. The average molecular weight is 376 g/mol. The molecule has 7 heavy (non-hydrogen) atoms. The van der Waals surface area contributed by atoms with Crippen LogP contribution in [0, 0.1) is 0 Å². The van der Waals surface area contributed by atoms with Gasteiger partial charge in [0.05, 0.1) is 0 Å². The summed E-state index contributed by atoms with van der Waals surface area (Å²) in [5.41, 5.74) is 0. The molecule has 48 valence electrons. The van der Waals surface area contributed by atoms with E-state index in [2.05, 4.69) is 0 Å². The molecule has 0 heterocycles. The van der Waals surface area contributed by atoms with E-state index >= 15 is 0 Å². The molecule has 0 radical (unpaired) electrons. The van der Waals surface area contributed by atoms with Crippen molar-refractivity contribution in [3.05, 3.63) is 0 Å². The standard InChI is InChI=1S/5ClH.H2O.Ta/h5*1H;1H2;/q;;;;;;+5/p-5. The van der Waals surface area contributed by atoms with Crippen molar-refractivity contribution in [2.45, 2.75) is 0 Å². The molecule has 0 saturated carbocycles. The van der Waals surface area contributed by atoms with Crippen molar-refractivity contribution in [1.82, 2.24) is 0 Å². The van der Waals surface area contributed by atoms with Gasteiger partial charge in [0.15, 0.2) is 0 Å². The van der Waals surface area contributed by atoms with Gasteiger partial charge in [-0.1, -0.05) is 0 Å². The molecule has 0 aliphatic rings. The number of rotatable bonds is 0. The summed E-state index contributed by atoms with van der Waals surface area (Å²) in [6.07, 6.45) is 0. The van der Waals surface area contributed by atoms with Crippen molar-refractivity contribution in [2.24, 2.45) is 0 Å². The van der Waals surface area contributed by atoms with Crippen LogP contribution >= 0.6 is 45.9 Å². The minimum absolute atomic E-state index is 0. The monoisotopic (exact) mass is 374 g/mol. The molecule has 7 heteroatoms. The molecular weight excluding hydrogens is 374 g/mol. The molecule has 0 amide bonds. The van der Waals surface area contributed by atoms with Crippen molar-refractivity contribution in [2.75, 3.05) is 0 Å². The van der Waals surface area contributed by atoms with Gasteiger partial charge in [-0.3, -0.25) is 0 Å². The van der Waals surface area contributed by atoms with Gasteiger partial charge in [0.1, 0.15) is 0 Å². The second-order valence-electron chi connectivity index (χ2n) is 0.639. The average Bonchev–Trinajstić information content (AvgIpc) is 0.650. The molecule has 0 unspecified atom stereocenters. The summed E-state index contributed by atoms with van der Waals surface area (Å²) in [6.45, 7) is 0. The topological polar surface area (TPSA) is 31.5 Å². The van der Waals surface area contributed by atoms with E-state index < -0.39 is 10.4 Å². The third kappa shape index (κ3) is 66.7. The van der Waals surface area contributed by atoms with Crippen LogP contribution < -0.4 is 0 Å². The van der Waals surface area contributed by atoms with E-state index in [0.717, 1.165) is 0 Å². The van der Waals surface area contributed by atoms with Gasteiger partial charge in [-0.2, -0.15) is 0 Å². The molecule has 1 nitrogen and oxygen atoms in total. The van der Waals surface area contributed by atoms with Crippen LogP contribution in [0.25, 0.3) is 0 Å². The van der Waals surface area contributed by atoms with Crippen molar-refractivity contribution in [1.29, 1.82) is 0 Å². The molecule has 0 rings (SSSR count). The Morgan fingerprint density at radius 1 is 0.714 bits per heavy atom. The predicted octanol–water partition coefficient (Wildman–Crippen LogP) is 2.62. The summed E-state index contributed by atoms with van der Waals surface area (Å²) in [5, 5.41) is 0. The van der Waals surface area contributed by atoms with Gasteiger partial charge in [0.25, 0.3) is 0 Å². The molecule has 0 spiro atoms. The summed E-state index contributed by atoms with van der Waals surface area (Å²) in [5.74, 6) is 0. The first kappa shape index (κ1) is 11.9. The zero-order valence-corrected chi connectivity index (χ0v) is 9.83. The fourth-order valence-electron chi connectivity index (χ4n) is 0. The van der Waals surface area contributed by atoms with Gasteiger partial charge in [0.2, 0.25) is 0 Å². The van der Waals surface area contributed by atoms with E-state index in [1.165, 1.54) is 0 Å². The molecule has 2 N–H and O–H groups in total. The van der Waals surface area contributed by atoms with E-state index in [0.29, 0.717) is 0 Å². The van der Waals surface area contributed by atoms with Gasteiger partial charge < -0.3 is 5.48 Å². The fraction of sp³-hybridized carbons (Fsp3) is 0. The SMILES string of the molecule is O.[Cl][Ta]([Cl])([Cl])([Cl])[Cl]. The van der Waals surface area contributed by atoms with Crippen molar-refractivity contribution in [3.63, 3.8) is 0 Å². The molecule has 0 aliphatic heterocycles. The van der Waals surface area contributed by atoms with Crippen LogP contribution in [0.1, 0.15) is 0 Å². The normalized spacial score (nSPS) is 16.4. The van der Waals surface area contributed by atoms with E-state index in [4.69, 9.17) is 45.9 Å². The zero-order chi connectivity index (χ0) is 5.45. The van der Waals surface area contributed by atoms with Crippen molar-refractivity contribution < 1.29 is 15.9 Å². The van der Waals surface area contributed by atoms with Crippen LogP contribution in [0.4, 0.5) is 0 Å². The van der Waals surface area contributed by atoms with Crippen LogP contribution in [0.5, 0.6) is 0 Å². The summed E-state index contributed by atoms with van der Waals surface area (Å²) in [6, 6.07) is 0. The predicted molar refractivity (Wildman–Crippen MR) is 32.9 cm³/mol. The Bertz CT molecular complexity index is 41.3. The summed E-state index contributed by atoms with van der Waals surface area (Å²) in [4.78, 5) is 0. The van der Waals surface area contributed by atoms with Gasteiger partial charge >= 0.3 is 56.4 Å². The molecule has 0 saturated heterocycles. The summed E-state index contributed by atoms with van der Waals surface area (Å²) in [7, 11) is 20.9. The quantitative estimate of drug-likeness (QED) is 0.623. The van der Waals surface area contributed by atoms with Gasteiger partial charge in [0, 0.05) is 0 Å². The van der Waals surface area contributed by atoms with Crippen LogP contribution in [0.15, 0.2) is 0 Å². The van der Waals surface area contributed by atoms with Crippen molar-refractivity contribution in [3.8, 4) is 0 Å². The molecule has 0 bridgehead atoms. The molecule has 0 fully saturated rings. The van der Waals surface area contributed by atoms with E-state index in [9.17, 15) is 0 Å². The Morgan fingerprint density at radius 3 is 0.714 bits per heavy atom. The maximum absolute atomic E-state index is 5.06.